The minimum Gasteiger partial charge on any atom is -0.455 e. The van der Waals surface area contributed by atoms with Gasteiger partial charge in [0.15, 0.2) is 6.61 Å². The molecule has 1 heterocycles. The van der Waals surface area contributed by atoms with E-state index in [1.165, 1.54) is 11.3 Å². The van der Waals surface area contributed by atoms with Gasteiger partial charge in [-0.25, -0.2) is 0 Å². The van der Waals surface area contributed by atoms with Gasteiger partial charge in [-0.1, -0.05) is 13.8 Å². The number of nitrogens with zero attached hydrogens (tertiary/aromatic N) is 1. The second-order valence-corrected chi connectivity index (χ2v) is 8.16. The number of β-lactam (4-membered cyclic amide) rings is 1. The molecule has 2 saturated carbocycles. The molecule has 0 radical (unpaired) electrons. The molecule has 0 aromatic heterocycles. The van der Waals surface area contributed by atoms with Crippen molar-refractivity contribution in [1.82, 2.24) is 4.90 Å². The van der Waals surface area contributed by atoms with Crippen LogP contribution in [0.5, 0.6) is 0 Å². The van der Waals surface area contributed by atoms with Gasteiger partial charge in [0.2, 0.25) is 5.91 Å². The van der Waals surface area contributed by atoms with E-state index in [4.69, 9.17) is 4.74 Å². The van der Waals surface area contributed by atoms with Crippen LogP contribution in [0.3, 0.4) is 0 Å². The molecule has 3 rings (SSSR count). The first-order valence-corrected chi connectivity index (χ1v) is 8.77. The number of hydrogen-bond donors (Lipinski definition) is 0. The van der Waals surface area contributed by atoms with E-state index < -0.39 is 5.41 Å². The molecule has 23 heavy (non-hydrogen) atoms. The summed E-state index contributed by atoms with van der Waals surface area (Å²) in [6, 6.07) is 0. The van der Waals surface area contributed by atoms with Crippen molar-refractivity contribution >= 4 is 17.8 Å². The lowest BCUT2D eigenvalue weighted by Gasteiger charge is -2.56. The van der Waals surface area contributed by atoms with Gasteiger partial charge in [0, 0.05) is 0 Å². The molecule has 2 amide bonds. The lowest BCUT2D eigenvalue weighted by atomic mass is 9.65. The molecule has 1 aliphatic heterocycles. The van der Waals surface area contributed by atoms with E-state index >= 15 is 0 Å². The highest BCUT2D eigenvalue weighted by Crippen LogP contribution is 2.62. The van der Waals surface area contributed by atoms with Crippen molar-refractivity contribution in [2.75, 3.05) is 6.61 Å². The van der Waals surface area contributed by atoms with Crippen molar-refractivity contribution in [2.24, 2.45) is 23.2 Å². The van der Waals surface area contributed by atoms with Crippen molar-refractivity contribution in [3.8, 4) is 0 Å². The van der Waals surface area contributed by atoms with Crippen molar-refractivity contribution < 1.29 is 19.1 Å². The number of carbonyl (C=O) groups is 3. The Morgan fingerprint density at radius 1 is 1.35 bits per heavy atom. The lowest BCUT2D eigenvalue weighted by molar-refractivity contribution is -0.183. The van der Waals surface area contributed by atoms with Gasteiger partial charge in [0.25, 0.3) is 5.91 Å². The number of rotatable bonds is 4. The van der Waals surface area contributed by atoms with E-state index in [0.29, 0.717) is 30.6 Å². The minimum atomic E-state index is -0.601. The zero-order valence-electron chi connectivity index (χ0n) is 14.6. The fourth-order valence-corrected chi connectivity index (χ4v) is 4.84. The van der Waals surface area contributed by atoms with Gasteiger partial charge >= 0.3 is 5.97 Å². The molecule has 2 bridgehead atoms. The largest absolute Gasteiger partial charge is 0.455 e. The first-order chi connectivity index (χ1) is 10.7. The van der Waals surface area contributed by atoms with Gasteiger partial charge < -0.3 is 4.74 Å². The molecule has 1 spiro atoms. The van der Waals surface area contributed by atoms with Crippen LogP contribution >= 0.6 is 0 Å². The molecular formula is C18H27NO4. The summed E-state index contributed by atoms with van der Waals surface area (Å²) < 4.78 is 5.20. The van der Waals surface area contributed by atoms with E-state index in [1.54, 1.807) is 13.8 Å². The third-order valence-corrected chi connectivity index (χ3v) is 6.79. The van der Waals surface area contributed by atoms with Crippen LogP contribution in [0.4, 0.5) is 0 Å². The Hall–Kier alpha value is -1.39. The van der Waals surface area contributed by atoms with Gasteiger partial charge in [-0.15, -0.1) is 0 Å². The maximum atomic E-state index is 12.6. The van der Waals surface area contributed by atoms with Crippen molar-refractivity contribution in [3.05, 3.63) is 0 Å². The molecule has 2 aliphatic carbocycles. The molecular weight excluding hydrogens is 294 g/mol. The smallest absolute Gasteiger partial charge is 0.312 e. The number of fused-ring (bicyclic) bond motifs is 3. The van der Waals surface area contributed by atoms with Gasteiger partial charge in [-0.3, -0.25) is 19.3 Å². The van der Waals surface area contributed by atoms with Crippen LogP contribution in [0.25, 0.3) is 0 Å². The average Bonchev–Trinajstić information content (AvgIpc) is 3.07. The Morgan fingerprint density at radius 3 is 2.57 bits per heavy atom. The highest BCUT2D eigenvalue weighted by molar-refractivity contribution is 6.03. The maximum Gasteiger partial charge on any atom is 0.312 e. The number of imide groups is 1. The first-order valence-electron chi connectivity index (χ1n) is 8.77. The highest BCUT2D eigenvalue weighted by atomic mass is 16.5. The molecule has 3 aliphatic rings. The molecule has 5 heteroatoms. The van der Waals surface area contributed by atoms with Crippen molar-refractivity contribution in [2.45, 2.75) is 65.3 Å². The van der Waals surface area contributed by atoms with E-state index in [1.807, 2.05) is 6.92 Å². The summed E-state index contributed by atoms with van der Waals surface area (Å²) in [4.78, 5) is 38.2. The van der Waals surface area contributed by atoms with E-state index in [0.717, 1.165) is 12.8 Å². The Morgan fingerprint density at radius 2 is 2.04 bits per heavy atom. The first kappa shape index (κ1) is 16.5. The van der Waals surface area contributed by atoms with Crippen molar-refractivity contribution in [3.63, 3.8) is 0 Å². The maximum absolute atomic E-state index is 12.6. The van der Waals surface area contributed by atoms with Crippen LogP contribution < -0.4 is 0 Å². The van der Waals surface area contributed by atoms with Gasteiger partial charge in [-0.05, 0) is 57.3 Å². The summed E-state index contributed by atoms with van der Waals surface area (Å²) >= 11 is 0. The number of ether oxygens (including phenoxy) is 1. The van der Waals surface area contributed by atoms with Crippen LogP contribution in [0.15, 0.2) is 0 Å². The summed E-state index contributed by atoms with van der Waals surface area (Å²) in [5.41, 5.74) is -0.888. The average molecular weight is 321 g/mol. The van der Waals surface area contributed by atoms with Crippen LogP contribution in [0, 0.1) is 23.2 Å². The Bertz CT molecular complexity index is 551. The second kappa shape index (κ2) is 5.32. The lowest BCUT2D eigenvalue weighted by Crippen LogP contribution is -2.71. The van der Waals surface area contributed by atoms with Crippen LogP contribution in [-0.2, 0) is 19.1 Å². The van der Waals surface area contributed by atoms with E-state index in [2.05, 4.69) is 6.92 Å². The SMILES string of the molecule is CCC(C)(C)C(=O)OCC(=O)N1C(=O)CC12C1CCC(C1)C2C. The molecule has 0 N–H and O–H groups in total. The molecule has 0 aromatic carbocycles. The predicted molar refractivity (Wildman–Crippen MR) is 84.2 cm³/mol. The van der Waals surface area contributed by atoms with Gasteiger partial charge in [-0.2, -0.15) is 0 Å². The fourth-order valence-electron chi connectivity index (χ4n) is 4.84. The van der Waals surface area contributed by atoms with Crippen LogP contribution in [0.2, 0.25) is 0 Å². The Balaban J connectivity index is 1.68. The molecule has 4 unspecified atom stereocenters. The molecule has 1 saturated heterocycles. The third kappa shape index (κ3) is 2.23. The summed E-state index contributed by atoms with van der Waals surface area (Å²) in [5.74, 6) is 0.597. The summed E-state index contributed by atoms with van der Waals surface area (Å²) in [5, 5.41) is 0. The number of amides is 2. The van der Waals surface area contributed by atoms with Gasteiger partial charge in [0.1, 0.15) is 0 Å². The Kier molecular flexibility index (Phi) is 3.81. The zero-order valence-corrected chi connectivity index (χ0v) is 14.6. The van der Waals surface area contributed by atoms with E-state index in [-0.39, 0.29) is 29.9 Å². The van der Waals surface area contributed by atoms with Crippen LogP contribution in [0.1, 0.15) is 59.8 Å². The topological polar surface area (TPSA) is 63.7 Å². The quantitative estimate of drug-likeness (QED) is 0.589. The normalized spacial score (nSPS) is 35.6. The molecule has 5 nitrogen and oxygen atoms in total. The Labute approximate surface area is 137 Å². The molecule has 0 aromatic rings. The summed E-state index contributed by atoms with van der Waals surface area (Å²) in [6.07, 6.45) is 4.57. The summed E-state index contributed by atoms with van der Waals surface area (Å²) in [6.45, 7) is 7.36. The molecule has 4 atom stereocenters. The van der Waals surface area contributed by atoms with Crippen molar-refractivity contribution in [1.29, 1.82) is 0 Å². The second-order valence-electron chi connectivity index (χ2n) is 8.16. The minimum absolute atomic E-state index is 0.111. The predicted octanol–water partition coefficient (Wildman–Crippen LogP) is 2.53. The van der Waals surface area contributed by atoms with Gasteiger partial charge in [0.05, 0.1) is 17.4 Å². The fraction of sp³-hybridized carbons (Fsp3) is 0.833. The highest BCUT2D eigenvalue weighted by Gasteiger charge is 2.67. The number of esters is 1. The number of hydrogen-bond acceptors (Lipinski definition) is 4. The van der Waals surface area contributed by atoms with Crippen LogP contribution in [-0.4, -0.2) is 34.8 Å². The summed E-state index contributed by atoms with van der Waals surface area (Å²) in [7, 11) is 0. The molecule has 128 valence electrons. The monoisotopic (exact) mass is 321 g/mol. The standard InChI is InChI=1S/C18H27NO4/c1-5-17(3,4)16(22)23-10-15(21)19-14(20)9-18(19)11(2)12-6-7-13(18)8-12/h11-13H,5-10H2,1-4H3. The molecule has 3 fully saturated rings. The third-order valence-electron chi connectivity index (χ3n) is 6.79. The zero-order chi connectivity index (χ0) is 17.0. The number of likely N-dealkylation sites (tertiary alicyclic amines) is 1. The van der Waals surface area contributed by atoms with E-state index in [9.17, 15) is 14.4 Å². The number of carbonyl (C=O) groups excluding carboxylic acids is 3.